The van der Waals surface area contributed by atoms with Gasteiger partial charge in [0.05, 0.1) is 12.0 Å². The highest BCUT2D eigenvalue weighted by molar-refractivity contribution is 7.19. The number of aryl methyl sites for hydroxylation is 1. The summed E-state index contributed by atoms with van der Waals surface area (Å²) in [6, 6.07) is 1.11. The number of aliphatic hydroxyl groups is 1. The first-order valence-electron chi connectivity index (χ1n) is 10.6. The van der Waals surface area contributed by atoms with Crippen LogP contribution in [0.5, 0.6) is 0 Å². The molecule has 2 aliphatic rings. The number of rotatable bonds is 7. The van der Waals surface area contributed by atoms with Crippen LogP contribution in [0.15, 0.2) is 6.33 Å². The van der Waals surface area contributed by atoms with Crippen LogP contribution < -0.4 is 10.6 Å². The molecule has 0 spiro atoms. The predicted molar refractivity (Wildman–Crippen MR) is 117 cm³/mol. The molecule has 2 aromatic heterocycles. The number of hydrogen-bond acceptors (Lipinski definition) is 7. The van der Waals surface area contributed by atoms with Crippen molar-refractivity contribution in [3.8, 4) is 0 Å². The summed E-state index contributed by atoms with van der Waals surface area (Å²) in [7, 11) is 4.33. The quantitative estimate of drug-likeness (QED) is 0.641. The maximum Gasteiger partial charge on any atom is 0.220 e. The molecule has 1 atom stereocenters. The van der Waals surface area contributed by atoms with Gasteiger partial charge in [-0.3, -0.25) is 4.79 Å². The van der Waals surface area contributed by atoms with Crippen LogP contribution in [0.25, 0.3) is 10.2 Å². The van der Waals surface area contributed by atoms with Crippen LogP contribution in [-0.2, 0) is 11.2 Å². The van der Waals surface area contributed by atoms with Gasteiger partial charge in [-0.1, -0.05) is 0 Å². The third kappa shape index (κ3) is 4.39. The molecule has 4 rings (SSSR count). The topological polar surface area (TPSA) is 90.4 Å². The van der Waals surface area contributed by atoms with Crippen LogP contribution in [0, 0.1) is 0 Å². The number of aromatic nitrogens is 2. The minimum absolute atomic E-state index is 0.00427. The van der Waals surface area contributed by atoms with E-state index in [2.05, 4.69) is 39.6 Å². The number of nitrogens with one attached hydrogen (secondary N) is 2. The van der Waals surface area contributed by atoms with Crippen molar-refractivity contribution in [2.24, 2.45) is 0 Å². The number of aliphatic hydroxyl groups excluding tert-OH is 1. The fourth-order valence-electron chi connectivity index (χ4n) is 4.80. The van der Waals surface area contributed by atoms with E-state index in [4.69, 9.17) is 5.11 Å². The van der Waals surface area contributed by atoms with Crippen molar-refractivity contribution in [2.45, 2.75) is 62.9 Å². The molecule has 2 aromatic rings. The molecule has 1 unspecified atom stereocenters. The first kappa shape index (κ1) is 20.5. The largest absolute Gasteiger partial charge is 0.395 e. The Morgan fingerprint density at radius 2 is 2.03 bits per heavy atom. The first-order valence-corrected chi connectivity index (χ1v) is 11.4. The summed E-state index contributed by atoms with van der Waals surface area (Å²) in [5.74, 6) is 1.14. The van der Waals surface area contributed by atoms with Crippen LogP contribution in [0.3, 0.4) is 0 Å². The molecule has 3 N–H and O–H groups in total. The van der Waals surface area contributed by atoms with Crippen molar-refractivity contribution >= 4 is 33.3 Å². The molecule has 0 saturated heterocycles. The number of carbonyl (C=O) groups is 1. The highest BCUT2D eigenvalue weighted by Gasteiger charge is 2.32. The molecule has 158 valence electrons. The zero-order valence-electron chi connectivity index (χ0n) is 17.3. The number of nitrogens with zero attached hydrogens (tertiary/aromatic N) is 3. The van der Waals surface area contributed by atoms with Crippen molar-refractivity contribution in [1.82, 2.24) is 20.2 Å². The lowest BCUT2D eigenvalue weighted by molar-refractivity contribution is -0.121. The van der Waals surface area contributed by atoms with Gasteiger partial charge in [0.2, 0.25) is 5.91 Å². The van der Waals surface area contributed by atoms with E-state index < -0.39 is 0 Å². The Balaban J connectivity index is 1.53. The second kappa shape index (κ2) is 8.93. The molecule has 0 aromatic carbocycles. The molecule has 8 heteroatoms. The number of carbonyl (C=O) groups excluding carboxylic acids is 1. The number of amides is 1. The van der Waals surface area contributed by atoms with Gasteiger partial charge in [-0.2, -0.15) is 0 Å². The molecule has 1 fully saturated rings. The van der Waals surface area contributed by atoms with Gasteiger partial charge in [0.1, 0.15) is 17.0 Å². The van der Waals surface area contributed by atoms with Crippen molar-refractivity contribution in [1.29, 1.82) is 0 Å². The maximum absolute atomic E-state index is 12.2. The van der Waals surface area contributed by atoms with E-state index in [0.717, 1.165) is 41.7 Å². The Bertz CT molecular complexity index is 860. The summed E-state index contributed by atoms with van der Waals surface area (Å²) < 4.78 is 0. The standard InChI is InChI=1S/C21H31N5O2S/c1-26(2)15-6-4-14(5-7-15)25-20-19-18-13(11-17(28)22-9-10-27)3-8-16(18)29-21(19)24-12-23-20/h12-15,27H,3-11H2,1-2H3,(H,22,28)(H,23,24,25). The third-order valence-electron chi connectivity index (χ3n) is 6.36. The zero-order valence-corrected chi connectivity index (χ0v) is 18.1. The molecule has 0 radical (unpaired) electrons. The van der Waals surface area contributed by atoms with E-state index in [9.17, 15) is 4.79 Å². The van der Waals surface area contributed by atoms with Gasteiger partial charge >= 0.3 is 0 Å². The van der Waals surface area contributed by atoms with Gasteiger partial charge in [-0.15, -0.1) is 11.3 Å². The average Bonchev–Trinajstić information content (AvgIpc) is 3.27. The van der Waals surface area contributed by atoms with Crippen molar-refractivity contribution < 1.29 is 9.90 Å². The Labute approximate surface area is 175 Å². The van der Waals surface area contributed by atoms with E-state index in [-0.39, 0.29) is 18.4 Å². The molecule has 29 heavy (non-hydrogen) atoms. The molecule has 0 aliphatic heterocycles. The van der Waals surface area contributed by atoms with Crippen molar-refractivity contribution in [3.05, 3.63) is 16.8 Å². The summed E-state index contributed by atoms with van der Waals surface area (Å²) in [6.07, 6.45) is 8.81. The summed E-state index contributed by atoms with van der Waals surface area (Å²) in [5.41, 5.74) is 1.27. The smallest absolute Gasteiger partial charge is 0.220 e. The summed E-state index contributed by atoms with van der Waals surface area (Å²) in [6.45, 7) is 0.287. The second-order valence-corrected chi connectivity index (χ2v) is 9.55. The fourth-order valence-corrected chi connectivity index (χ4v) is 6.04. The lowest BCUT2D eigenvalue weighted by Gasteiger charge is -2.33. The van der Waals surface area contributed by atoms with Crippen LogP contribution >= 0.6 is 11.3 Å². The van der Waals surface area contributed by atoms with E-state index in [0.29, 0.717) is 25.0 Å². The maximum atomic E-state index is 12.2. The summed E-state index contributed by atoms with van der Waals surface area (Å²) in [4.78, 5) is 26.1. The molecule has 1 saturated carbocycles. The van der Waals surface area contributed by atoms with Crippen LogP contribution in [0.2, 0.25) is 0 Å². The van der Waals surface area contributed by atoms with Gasteiger partial charge in [0, 0.05) is 29.9 Å². The van der Waals surface area contributed by atoms with Crippen molar-refractivity contribution in [3.63, 3.8) is 0 Å². The minimum atomic E-state index is -0.0268. The minimum Gasteiger partial charge on any atom is -0.395 e. The lowest BCUT2D eigenvalue weighted by Crippen LogP contribution is -2.36. The Hall–Kier alpha value is -1.77. The lowest BCUT2D eigenvalue weighted by atomic mass is 9.90. The Morgan fingerprint density at radius 1 is 1.24 bits per heavy atom. The van der Waals surface area contributed by atoms with E-state index >= 15 is 0 Å². The Kier molecular flexibility index (Phi) is 6.32. The summed E-state index contributed by atoms with van der Waals surface area (Å²) >= 11 is 1.75. The Morgan fingerprint density at radius 3 is 2.76 bits per heavy atom. The first-order chi connectivity index (χ1) is 14.1. The van der Waals surface area contributed by atoms with Gasteiger partial charge in [0.15, 0.2) is 0 Å². The number of anilines is 1. The molecule has 0 bridgehead atoms. The molecular weight excluding hydrogens is 386 g/mol. The third-order valence-corrected chi connectivity index (χ3v) is 7.54. The molecular formula is C21H31N5O2S. The van der Waals surface area contributed by atoms with Gasteiger partial charge < -0.3 is 20.6 Å². The number of fused-ring (bicyclic) bond motifs is 3. The van der Waals surface area contributed by atoms with E-state index in [1.165, 1.54) is 23.3 Å². The summed E-state index contributed by atoms with van der Waals surface area (Å²) in [5, 5.41) is 16.6. The molecule has 7 nitrogen and oxygen atoms in total. The van der Waals surface area contributed by atoms with Crippen LogP contribution in [0.1, 0.15) is 54.9 Å². The zero-order chi connectivity index (χ0) is 20.4. The van der Waals surface area contributed by atoms with Crippen molar-refractivity contribution in [2.75, 3.05) is 32.6 Å². The normalized spacial score (nSPS) is 24.1. The molecule has 2 heterocycles. The van der Waals surface area contributed by atoms with Crippen LogP contribution in [0.4, 0.5) is 5.82 Å². The predicted octanol–water partition coefficient (Wildman–Crippen LogP) is 2.50. The SMILES string of the molecule is CN(C)C1CCC(Nc2ncnc3sc4c(c23)C(CC(=O)NCCO)CC4)CC1. The van der Waals surface area contributed by atoms with E-state index in [1.54, 1.807) is 17.7 Å². The number of hydrogen-bond donors (Lipinski definition) is 3. The van der Waals surface area contributed by atoms with Gasteiger partial charge in [-0.05, 0) is 64.1 Å². The highest BCUT2D eigenvalue weighted by Crippen LogP contribution is 2.46. The van der Waals surface area contributed by atoms with Gasteiger partial charge in [0.25, 0.3) is 0 Å². The number of thiophene rings is 1. The highest BCUT2D eigenvalue weighted by atomic mass is 32.1. The molecule has 2 aliphatic carbocycles. The fraction of sp³-hybridized carbons (Fsp3) is 0.667. The van der Waals surface area contributed by atoms with Crippen LogP contribution in [-0.4, -0.2) is 65.2 Å². The average molecular weight is 418 g/mol. The van der Waals surface area contributed by atoms with Gasteiger partial charge in [-0.25, -0.2) is 9.97 Å². The monoisotopic (exact) mass is 417 g/mol. The molecule has 1 amide bonds. The second-order valence-electron chi connectivity index (χ2n) is 8.47. The van der Waals surface area contributed by atoms with E-state index in [1.807, 2.05) is 0 Å².